The summed E-state index contributed by atoms with van der Waals surface area (Å²) in [7, 11) is 0. The highest BCUT2D eigenvalue weighted by atomic mass is 16.5. The molecular formula is C18H20O3. The molecule has 0 spiro atoms. The highest BCUT2D eigenvalue weighted by Crippen LogP contribution is 2.22. The van der Waals surface area contributed by atoms with Crippen molar-refractivity contribution in [1.82, 2.24) is 0 Å². The zero-order chi connectivity index (χ0) is 14.9. The maximum Gasteiger partial charge on any atom is 0.305 e. The van der Waals surface area contributed by atoms with Crippen LogP contribution in [0, 0.1) is 0 Å². The zero-order valence-electron chi connectivity index (χ0n) is 12.2. The summed E-state index contributed by atoms with van der Waals surface area (Å²) >= 11 is 0. The molecule has 3 nitrogen and oxygen atoms in total. The molecule has 0 N–H and O–H groups in total. The minimum Gasteiger partial charge on any atom is -0.466 e. The Kier molecular flexibility index (Phi) is 5.83. The van der Waals surface area contributed by atoms with Crippen LogP contribution in [0.2, 0.25) is 0 Å². The van der Waals surface area contributed by atoms with Gasteiger partial charge in [-0.1, -0.05) is 37.3 Å². The van der Waals surface area contributed by atoms with E-state index in [1.807, 2.05) is 48.5 Å². The number of aryl methyl sites for hydroxylation is 1. The summed E-state index contributed by atoms with van der Waals surface area (Å²) in [5.41, 5.74) is 1.18. The molecule has 2 aromatic rings. The maximum atomic E-state index is 11.0. The van der Waals surface area contributed by atoms with Crippen molar-refractivity contribution in [3.8, 4) is 11.5 Å². The molecule has 0 saturated heterocycles. The number of carbonyl (C=O) groups excluding carboxylic acids is 1. The summed E-state index contributed by atoms with van der Waals surface area (Å²) in [4.78, 5) is 11.0. The third-order valence-electron chi connectivity index (χ3n) is 3.04. The standard InChI is InChI=1S/C18H20O3/c1-2-18(19)20-13-7-9-15-8-6-12-17(14-15)21-16-10-4-3-5-11-16/h3-6,8,10-12,14H,2,7,9,13H2,1H3. The molecule has 0 unspecified atom stereocenters. The van der Waals surface area contributed by atoms with Crippen molar-refractivity contribution in [2.24, 2.45) is 0 Å². The van der Waals surface area contributed by atoms with E-state index < -0.39 is 0 Å². The van der Waals surface area contributed by atoms with Crippen LogP contribution < -0.4 is 4.74 Å². The van der Waals surface area contributed by atoms with Gasteiger partial charge in [-0.3, -0.25) is 4.79 Å². The van der Waals surface area contributed by atoms with Gasteiger partial charge in [0.25, 0.3) is 0 Å². The minimum absolute atomic E-state index is 0.142. The third kappa shape index (κ3) is 5.30. The van der Waals surface area contributed by atoms with Crippen LogP contribution in [0.4, 0.5) is 0 Å². The maximum absolute atomic E-state index is 11.0. The number of para-hydroxylation sites is 1. The second kappa shape index (κ2) is 8.10. The second-order valence-electron chi connectivity index (χ2n) is 4.74. The van der Waals surface area contributed by atoms with Crippen molar-refractivity contribution < 1.29 is 14.3 Å². The molecule has 2 rings (SSSR count). The van der Waals surface area contributed by atoms with E-state index in [9.17, 15) is 4.79 Å². The van der Waals surface area contributed by atoms with E-state index in [-0.39, 0.29) is 5.97 Å². The van der Waals surface area contributed by atoms with E-state index in [1.54, 1.807) is 6.92 Å². The van der Waals surface area contributed by atoms with Crippen molar-refractivity contribution >= 4 is 5.97 Å². The molecule has 3 heteroatoms. The lowest BCUT2D eigenvalue weighted by atomic mass is 10.1. The molecule has 0 amide bonds. The molecule has 0 atom stereocenters. The molecule has 110 valence electrons. The first-order chi connectivity index (χ1) is 10.3. The average molecular weight is 284 g/mol. The van der Waals surface area contributed by atoms with Crippen molar-refractivity contribution in [3.63, 3.8) is 0 Å². The van der Waals surface area contributed by atoms with E-state index >= 15 is 0 Å². The first-order valence-electron chi connectivity index (χ1n) is 7.25. The number of ether oxygens (including phenoxy) is 2. The fraction of sp³-hybridized carbons (Fsp3) is 0.278. The lowest BCUT2D eigenvalue weighted by Crippen LogP contribution is -2.04. The number of hydrogen-bond acceptors (Lipinski definition) is 3. The third-order valence-corrected chi connectivity index (χ3v) is 3.04. The summed E-state index contributed by atoms with van der Waals surface area (Å²) in [5, 5.41) is 0. The van der Waals surface area contributed by atoms with E-state index in [2.05, 4.69) is 6.07 Å². The minimum atomic E-state index is -0.142. The van der Waals surface area contributed by atoms with Crippen molar-refractivity contribution in [2.45, 2.75) is 26.2 Å². The lowest BCUT2D eigenvalue weighted by molar-refractivity contribution is -0.143. The molecule has 0 aliphatic heterocycles. The van der Waals surface area contributed by atoms with E-state index in [0.29, 0.717) is 13.0 Å². The van der Waals surface area contributed by atoms with Gasteiger partial charge in [0.2, 0.25) is 0 Å². The highest BCUT2D eigenvalue weighted by molar-refractivity contribution is 5.68. The number of hydrogen-bond donors (Lipinski definition) is 0. The van der Waals surface area contributed by atoms with Crippen LogP contribution in [0.5, 0.6) is 11.5 Å². The van der Waals surface area contributed by atoms with Crippen molar-refractivity contribution in [2.75, 3.05) is 6.61 Å². The number of rotatable bonds is 7. The van der Waals surface area contributed by atoms with Gasteiger partial charge in [0, 0.05) is 6.42 Å². The molecule has 0 aliphatic carbocycles. The molecule has 0 heterocycles. The zero-order valence-corrected chi connectivity index (χ0v) is 12.2. The number of esters is 1. The summed E-state index contributed by atoms with van der Waals surface area (Å²) in [5.74, 6) is 1.51. The molecule has 2 aromatic carbocycles. The molecule has 0 aliphatic rings. The number of carbonyl (C=O) groups is 1. The first kappa shape index (κ1) is 15.1. The summed E-state index contributed by atoms with van der Waals surface area (Å²) in [6.07, 6.45) is 2.11. The Morgan fingerprint density at radius 2 is 1.76 bits per heavy atom. The fourth-order valence-corrected chi connectivity index (χ4v) is 1.95. The van der Waals surface area contributed by atoms with Crippen LogP contribution in [0.1, 0.15) is 25.3 Å². The summed E-state index contributed by atoms with van der Waals surface area (Å²) in [6.45, 7) is 2.27. The number of benzene rings is 2. The van der Waals surface area contributed by atoms with Gasteiger partial charge < -0.3 is 9.47 Å². The van der Waals surface area contributed by atoms with Crippen LogP contribution in [0.25, 0.3) is 0 Å². The van der Waals surface area contributed by atoms with Gasteiger partial charge >= 0.3 is 5.97 Å². The Morgan fingerprint density at radius 1 is 1.00 bits per heavy atom. The molecule has 0 bridgehead atoms. The molecule has 0 fully saturated rings. The van der Waals surface area contributed by atoms with Crippen LogP contribution >= 0.6 is 0 Å². The monoisotopic (exact) mass is 284 g/mol. The van der Waals surface area contributed by atoms with Gasteiger partial charge in [0.05, 0.1) is 6.61 Å². The lowest BCUT2D eigenvalue weighted by Gasteiger charge is -2.08. The Morgan fingerprint density at radius 3 is 2.52 bits per heavy atom. The van der Waals surface area contributed by atoms with Gasteiger partial charge in [-0.2, -0.15) is 0 Å². The van der Waals surface area contributed by atoms with E-state index in [1.165, 1.54) is 5.56 Å². The van der Waals surface area contributed by atoms with Gasteiger partial charge in [0.1, 0.15) is 11.5 Å². The van der Waals surface area contributed by atoms with Crippen molar-refractivity contribution in [1.29, 1.82) is 0 Å². The normalized spacial score (nSPS) is 10.1. The van der Waals surface area contributed by atoms with Crippen molar-refractivity contribution in [3.05, 3.63) is 60.2 Å². The SMILES string of the molecule is CCC(=O)OCCCc1cccc(Oc2ccccc2)c1. The average Bonchev–Trinajstić information content (AvgIpc) is 2.52. The Balaban J connectivity index is 1.85. The summed E-state index contributed by atoms with van der Waals surface area (Å²) < 4.78 is 10.9. The Labute approximate surface area is 125 Å². The largest absolute Gasteiger partial charge is 0.466 e. The quantitative estimate of drug-likeness (QED) is 0.559. The van der Waals surface area contributed by atoms with Gasteiger partial charge in [0.15, 0.2) is 0 Å². The molecular weight excluding hydrogens is 264 g/mol. The summed E-state index contributed by atoms with van der Waals surface area (Å²) in [6, 6.07) is 17.7. The van der Waals surface area contributed by atoms with E-state index in [4.69, 9.17) is 9.47 Å². The van der Waals surface area contributed by atoms with Gasteiger partial charge in [-0.25, -0.2) is 0 Å². The van der Waals surface area contributed by atoms with Crippen LogP contribution in [-0.4, -0.2) is 12.6 Å². The van der Waals surface area contributed by atoms with Gasteiger partial charge in [-0.05, 0) is 42.7 Å². The van der Waals surface area contributed by atoms with E-state index in [0.717, 1.165) is 24.3 Å². The predicted molar refractivity (Wildman–Crippen MR) is 82.5 cm³/mol. The molecule has 0 aromatic heterocycles. The van der Waals surface area contributed by atoms with Crippen LogP contribution in [0.15, 0.2) is 54.6 Å². The topological polar surface area (TPSA) is 35.5 Å². The fourth-order valence-electron chi connectivity index (χ4n) is 1.95. The Bertz CT molecular complexity index is 564. The Hall–Kier alpha value is -2.29. The first-order valence-corrected chi connectivity index (χ1v) is 7.25. The smallest absolute Gasteiger partial charge is 0.305 e. The van der Waals surface area contributed by atoms with Crippen LogP contribution in [-0.2, 0) is 16.0 Å². The molecule has 0 radical (unpaired) electrons. The molecule has 0 saturated carbocycles. The van der Waals surface area contributed by atoms with Gasteiger partial charge in [-0.15, -0.1) is 0 Å². The van der Waals surface area contributed by atoms with Crippen LogP contribution in [0.3, 0.4) is 0 Å². The molecule has 21 heavy (non-hydrogen) atoms. The highest BCUT2D eigenvalue weighted by Gasteiger charge is 2.01. The second-order valence-corrected chi connectivity index (χ2v) is 4.74. The predicted octanol–water partition coefficient (Wildman–Crippen LogP) is 4.36.